The number of thioether (sulfide) groups is 1. The number of aryl methyl sites for hydroxylation is 1. The van der Waals surface area contributed by atoms with Gasteiger partial charge >= 0.3 is 0 Å². The van der Waals surface area contributed by atoms with Crippen LogP contribution in [0.2, 0.25) is 0 Å². The molecule has 3 aromatic rings. The molecule has 1 atom stereocenters. The van der Waals surface area contributed by atoms with Crippen LogP contribution in [0.3, 0.4) is 0 Å². The highest BCUT2D eigenvalue weighted by Gasteiger charge is 2.36. The molecule has 214 valence electrons. The van der Waals surface area contributed by atoms with Gasteiger partial charge in [0, 0.05) is 54.0 Å². The van der Waals surface area contributed by atoms with Crippen LogP contribution in [0.15, 0.2) is 72.8 Å². The third-order valence-corrected chi connectivity index (χ3v) is 9.81. The molecule has 2 fully saturated rings. The summed E-state index contributed by atoms with van der Waals surface area (Å²) in [7, 11) is 4.30. The van der Waals surface area contributed by atoms with Gasteiger partial charge in [0.1, 0.15) is 11.9 Å². The molecule has 5 rings (SSSR count). The molecule has 0 N–H and O–H groups in total. The topological polar surface area (TPSA) is 32.8 Å². The molecule has 4 nitrogen and oxygen atoms in total. The molecule has 41 heavy (non-hydrogen) atoms. The lowest BCUT2D eigenvalue weighted by Gasteiger charge is -2.35. The van der Waals surface area contributed by atoms with Crippen LogP contribution in [0.1, 0.15) is 64.7 Å². The molecule has 2 heterocycles. The highest BCUT2D eigenvalue weighted by Crippen LogP contribution is 2.36. The zero-order valence-electron chi connectivity index (χ0n) is 24.7. The Balaban J connectivity index is 1.10. The van der Waals surface area contributed by atoms with E-state index in [2.05, 4.69) is 91.2 Å². The molecule has 0 bridgehead atoms. The van der Waals surface area contributed by atoms with Crippen LogP contribution in [0, 0.1) is 18.8 Å². The lowest BCUT2D eigenvalue weighted by atomic mass is 9.89. The van der Waals surface area contributed by atoms with Crippen molar-refractivity contribution in [3.05, 3.63) is 101 Å². The first kappa shape index (κ1) is 29.5. The summed E-state index contributed by atoms with van der Waals surface area (Å²) in [5.41, 5.74) is 5.55. The van der Waals surface area contributed by atoms with Gasteiger partial charge in [0.2, 0.25) is 0 Å². The summed E-state index contributed by atoms with van der Waals surface area (Å²) in [4.78, 5) is 17.9. The molecule has 3 aromatic carbocycles. The first-order valence-electron chi connectivity index (χ1n) is 14.8. The van der Waals surface area contributed by atoms with Crippen molar-refractivity contribution in [2.24, 2.45) is 0 Å². The number of rotatable bonds is 9. The smallest absolute Gasteiger partial charge is 0.163 e. The van der Waals surface area contributed by atoms with Crippen LogP contribution < -0.4 is 4.74 Å². The maximum atomic E-state index is 13.1. The second-order valence-electron chi connectivity index (χ2n) is 11.8. The molecular formula is C36H42N2O2S. The van der Waals surface area contributed by atoms with Gasteiger partial charge in [0.05, 0.1) is 0 Å². The summed E-state index contributed by atoms with van der Waals surface area (Å²) in [6, 6.07) is 24.7. The molecule has 2 saturated heterocycles. The molecule has 2 aliphatic rings. The molecule has 2 aliphatic heterocycles. The Morgan fingerprint density at radius 3 is 2.49 bits per heavy atom. The Kier molecular flexibility index (Phi) is 9.88. The molecule has 0 amide bonds. The summed E-state index contributed by atoms with van der Waals surface area (Å²) in [5.74, 6) is 9.93. The van der Waals surface area contributed by atoms with Gasteiger partial charge in [0.15, 0.2) is 5.78 Å². The second kappa shape index (κ2) is 13.7. The van der Waals surface area contributed by atoms with Crippen molar-refractivity contribution >= 4 is 17.5 Å². The Labute approximate surface area is 250 Å². The fourth-order valence-corrected chi connectivity index (χ4v) is 7.36. The lowest BCUT2D eigenvalue weighted by Crippen LogP contribution is -2.44. The van der Waals surface area contributed by atoms with Crippen LogP contribution in [0.5, 0.6) is 5.75 Å². The van der Waals surface area contributed by atoms with Gasteiger partial charge in [0.25, 0.3) is 0 Å². The fourth-order valence-electron chi connectivity index (χ4n) is 5.77. The lowest BCUT2D eigenvalue weighted by molar-refractivity contribution is 0.0925. The minimum absolute atomic E-state index is 0.151. The average molecular weight is 567 g/mol. The SMILES string of the molecule is Cc1ccc(C#Cc2cccc(CN3CCC(Oc4cccc(C(=O)CCC5(N(C)C)CCSC5)c4)CC3)c2)cc1. The van der Waals surface area contributed by atoms with E-state index in [1.165, 1.54) is 16.9 Å². The molecular weight excluding hydrogens is 524 g/mol. The average Bonchev–Trinajstić information content (AvgIpc) is 3.48. The Hall–Kier alpha value is -3.04. The monoisotopic (exact) mass is 566 g/mol. The standard InChI is InChI=1S/C36H42N2O2S/c1-28-10-12-29(13-11-28)14-15-30-6-4-7-31(24-30)26-38-21-17-33(18-22-38)40-34-9-5-8-32(25-34)35(39)16-19-36(37(2)3)20-23-41-27-36/h4-13,24-25,33H,16-23,26-27H2,1-3H3. The van der Waals surface area contributed by atoms with Gasteiger partial charge in [-0.3, -0.25) is 9.69 Å². The van der Waals surface area contributed by atoms with Crippen molar-refractivity contribution in [2.75, 3.05) is 38.7 Å². The van der Waals surface area contributed by atoms with E-state index in [4.69, 9.17) is 4.74 Å². The van der Waals surface area contributed by atoms with E-state index in [-0.39, 0.29) is 17.4 Å². The zero-order chi connectivity index (χ0) is 28.7. The van der Waals surface area contributed by atoms with Gasteiger partial charge in [-0.25, -0.2) is 0 Å². The molecule has 0 saturated carbocycles. The number of ketones is 1. The Morgan fingerprint density at radius 1 is 1.00 bits per heavy atom. The number of benzene rings is 3. The minimum Gasteiger partial charge on any atom is -0.490 e. The second-order valence-corrected chi connectivity index (χ2v) is 12.9. The number of piperidine rings is 1. The Morgan fingerprint density at radius 2 is 1.76 bits per heavy atom. The van der Waals surface area contributed by atoms with E-state index in [0.717, 1.165) is 73.5 Å². The van der Waals surface area contributed by atoms with Gasteiger partial charge in [-0.1, -0.05) is 53.8 Å². The van der Waals surface area contributed by atoms with Crippen LogP contribution in [-0.4, -0.2) is 65.9 Å². The normalized spacial score (nSPS) is 19.6. The fraction of sp³-hybridized carbons (Fsp3) is 0.417. The number of nitrogens with zero attached hydrogens (tertiary/aromatic N) is 2. The number of carbonyl (C=O) groups excluding carboxylic acids is 1. The van der Waals surface area contributed by atoms with E-state index in [0.29, 0.717) is 6.42 Å². The van der Waals surface area contributed by atoms with Crippen molar-refractivity contribution in [1.82, 2.24) is 9.80 Å². The van der Waals surface area contributed by atoms with Gasteiger partial charge in [-0.15, -0.1) is 0 Å². The molecule has 1 unspecified atom stereocenters. The molecule has 0 aromatic heterocycles. The number of Topliss-reactive ketones (excluding diaryl/α,β-unsaturated/α-hetero) is 1. The number of hydrogen-bond acceptors (Lipinski definition) is 5. The minimum atomic E-state index is 0.151. The number of hydrogen-bond donors (Lipinski definition) is 0. The van der Waals surface area contributed by atoms with Crippen LogP contribution in [0.4, 0.5) is 0 Å². The van der Waals surface area contributed by atoms with E-state index >= 15 is 0 Å². The van der Waals surface area contributed by atoms with Crippen LogP contribution in [0.25, 0.3) is 0 Å². The van der Waals surface area contributed by atoms with Crippen molar-refractivity contribution in [3.8, 4) is 17.6 Å². The van der Waals surface area contributed by atoms with Gasteiger partial charge in [-0.05, 0) is 94.4 Å². The first-order chi connectivity index (χ1) is 19.9. The highest BCUT2D eigenvalue weighted by molar-refractivity contribution is 7.99. The quantitative estimate of drug-likeness (QED) is 0.209. The van der Waals surface area contributed by atoms with Gasteiger partial charge in [-0.2, -0.15) is 11.8 Å². The van der Waals surface area contributed by atoms with Crippen LogP contribution in [-0.2, 0) is 6.54 Å². The molecule has 0 spiro atoms. The van der Waals surface area contributed by atoms with E-state index in [1.807, 2.05) is 36.0 Å². The third kappa shape index (κ3) is 8.04. The largest absolute Gasteiger partial charge is 0.490 e. The molecule has 5 heteroatoms. The van der Waals surface area contributed by atoms with E-state index in [1.54, 1.807) is 0 Å². The van der Waals surface area contributed by atoms with E-state index < -0.39 is 0 Å². The maximum Gasteiger partial charge on any atom is 0.163 e. The van der Waals surface area contributed by atoms with Crippen molar-refractivity contribution in [2.45, 2.75) is 57.2 Å². The summed E-state index contributed by atoms with van der Waals surface area (Å²) >= 11 is 2.00. The molecule has 0 aliphatic carbocycles. The number of ether oxygens (including phenoxy) is 1. The van der Waals surface area contributed by atoms with Crippen molar-refractivity contribution in [1.29, 1.82) is 0 Å². The first-order valence-corrected chi connectivity index (χ1v) is 16.0. The summed E-state index contributed by atoms with van der Waals surface area (Å²) in [6.07, 6.45) is 4.79. The van der Waals surface area contributed by atoms with Crippen LogP contribution >= 0.6 is 11.8 Å². The summed E-state index contributed by atoms with van der Waals surface area (Å²) in [6.45, 7) is 5.00. The Bertz CT molecular complexity index is 1370. The molecule has 0 radical (unpaired) electrons. The number of likely N-dealkylation sites (tertiary alicyclic amines) is 1. The summed E-state index contributed by atoms with van der Waals surface area (Å²) < 4.78 is 6.37. The zero-order valence-corrected chi connectivity index (χ0v) is 25.5. The third-order valence-electron chi connectivity index (χ3n) is 8.58. The summed E-state index contributed by atoms with van der Waals surface area (Å²) in [5, 5.41) is 0. The predicted octanol–water partition coefficient (Wildman–Crippen LogP) is 6.84. The van der Waals surface area contributed by atoms with E-state index in [9.17, 15) is 4.79 Å². The van der Waals surface area contributed by atoms with Crippen molar-refractivity contribution < 1.29 is 9.53 Å². The highest BCUT2D eigenvalue weighted by atomic mass is 32.2. The number of carbonyl (C=O) groups is 1. The van der Waals surface area contributed by atoms with Gasteiger partial charge < -0.3 is 9.64 Å². The maximum absolute atomic E-state index is 13.1. The van der Waals surface area contributed by atoms with Crippen molar-refractivity contribution in [3.63, 3.8) is 0 Å². The predicted molar refractivity (Wildman–Crippen MR) is 171 cm³/mol.